The summed E-state index contributed by atoms with van der Waals surface area (Å²) in [5.41, 5.74) is 0. The molecule has 2 rings (SSSR count). The lowest BCUT2D eigenvalue weighted by Crippen LogP contribution is -2.31. The van der Waals surface area contributed by atoms with Gasteiger partial charge in [-0.3, -0.25) is 0 Å². The molecule has 1 N–H and O–H groups in total. The van der Waals surface area contributed by atoms with Gasteiger partial charge in [-0.15, -0.1) is 11.8 Å². The molecule has 0 spiro atoms. The van der Waals surface area contributed by atoms with Crippen molar-refractivity contribution < 1.29 is 14.2 Å². The summed E-state index contributed by atoms with van der Waals surface area (Å²) < 4.78 is 16.2. The van der Waals surface area contributed by atoms with Crippen LogP contribution in [0.25, 0.3) is 0 Å². The number of rotatable bonds is 7. The monoisotopic (exact) mass is 283 g/mol. The first kappa shape index (κ1) is 14.5. The zero-order valence-electron chi connectivity index (χ0n) is 11.5. The molecule has 0 saturated heterocycles. The number of benzene rings is 1. The molecule has 0 aliphatic carbocycles. The second-order valence-electron chi connectivity index (χ2n) is 4.46. The molecule has 0 amide bonds. The predicted molar refractivity (Wildman–Crippen MR) is 77.5 cm³/mol. The topological polar surface area (TPSA) is 39.7 Å². The quantitative estimate of drug-likeness (QED) is 0.613. The molecule has 4 nitrogen and oxygen atoms in total. The highest BCUT2D eigenvalue weighted by Gasteiger charge is 2.11. The molecule has 0 saturated carbocycles. The third-order valence-electron chi connectivity index (χ3n) is 2.79. The van der Waals surface area contributed by atoms with Gasteiger partial charge in [0.25, 0.3) is 0 Å². The van der Waals surface area contributed by atoms with Crippen LogP contribution in [-0.2, 0) is 4.74 Å². The molecule has 1 heterocycles. The number of nitrogens with one attached hydrogen (secondary N) is 1. The number of ether oxygens (including phenoxy) is 3. The Balaban J connectivity index is 1.74. The Morgan fingerprint density at radius 2 is 2.11 bits per heavy atom. The molecule has 0 bridgehead atoms. The van der Waals surface area contributed by atoms with Crippen LogP contribution in [0.2, 0.25) is 0 Å². The smallest absolute Gasteiger partial charge is 0.162 e. The van der Waals surface area contributed by atoms with E-state index < -0.39 is 0 Å². The lowest BCUT2D eigenvalue weighted by atomic mass is 10.3. The van der Waals surface area contributed by atoms with E-state index in [9.17, 15) is 0 Å². The van der Waals surface area contributed by atoms with Crippen molar-refractivity contribution in [1.29, 1.82) is 0 Å². The number of fused-ring (bicyclic) bond motifs is 1. The summed E-state index contributed by atoms with van der Waals surface area (Å²) in [6.07, 6.45) is 0. The zero-order valence-corrected chi connectivity index (χ0v) is 12.3. The van der Waals surface area contributed by atoms with Gasteiger partial charge in [-0.2, -0.15) is 0 Å². The highest BCUT2D eigenvalue weighted by atomic mass is 32.2. The van der Waals surface area contributed by atoms with Crippen molar-refractivity contribution in [2.75, 3.05) is 39.2 Å². The van der Waals surface area contributed by atoms with Crippen LogP contribution in [0.1, 0.15) is 6.92 Å². The Hall–Kier alpha value is -0.910. The molecular weight excluding hydrogens is 262 g/mol. The van der Waals surface area contributed by atoms with Gasteiger partial charge in [0.05, 0.1) is 6.61 Å². The molecule has 1 aromatic rings. The first-order chi connectivity index (χ1) is 9.29. The predicted octanol–water partition coefficient (Wildman–Crippen LogP) is 2.17. The largest absolute Gasteiger partial charge is 0.486 e. The number of thioether (sulfide) groups is 1. The minimum Gasteiger partial charge on any atom is -0.486 e. The van der Waals surface area contributed by atoms with Crippen molar-refractivity contribution in [3.8, 4) is 11.5 Å². The molecule has 0 aromatic heterocycles. The van der Waals surface area contributed by atoms with Gasteiger partial charge in [-0.05, 0) is 25.1 Å². The minimum absolute atomic E-state index is 0.394. The Morgan fingerprint density at radius 3 is 2.89 bits per heavy atom. The molecule has 1 aromatic carbocycles. The van der Waals surface area contributed by atoms with Crippen molar-refractivity contribution in [1.82, 2.24) is 5.32 Å². The normalized spacial score (nSPS) is 15.3. The Bertz CT molecular complexity index is 400. The third-order valence-corrected chi connectivity index (χ3v) is 3.79. The van der Waals surface area contributed by atoms with Crippen LogP contribution in [0.5, 0.6) is 11.5 Å². The van der Waals surface area contributed by atoms with Gasteiger partial charge in [-0.1, -0.05) is 0 Å². The molecule has 5 heteroatoms. The summed E-state index contributed by atoms with van der Waals surface area (Å²) in [4.78, 5) is 1.21. The average Bonchev–Trinajstić information content (AvgIpc) is 2.44. The van der Waals surface area contributed by atoms with Crippen molar-refractivity contribution in [3.63, 3.8) is 0 Å². The van der Waals surface area contributed by atoms with Crippen LogP contribution in [0.3, 0.4) is 0 Å². The van der Waals surface area contributed by atoms with E-state index in [0.29, 0.717) is 19.3 Å². The van der Waals surface area contributed by atoms with E-state index in [-0.39, 0.29) is 0 Å². The molecule has 0 radical (unpaired) electrons. The summed E-state index contributed by atoms with van der Waals surface area (Å²) in [6.45, 7) is 5.11. The van der Waals surface area contributed by atoms with Crippen LogP contribution >= 0.6 is 11.8 Å². The van der Waals surface area contributed by atoms with Gasteiger partial charge in [0.1, 0.15) is 13.2 Å². The molecule has 1 atom stereocenters. The maximum atomic E-state index is 5.57. The molecular formula is C14H21NO3S. The second kappa shape index (κ2) is 7.62. The first-order valence-corrected chi connectivity index (χ1v) is 7.53. The third kappa shape index (κ3) is 4.60. The fraction of sp³-hybridized carbons (Fsp3) is 0.571. The fourth-order valence-electron chi connectivity index (χ4n) is 1.90. The van der Waals surface area contributed by atoms with E-state index in [1.54, 1.807) is 7.11 Å². The lowest BCUT2D eigenvalue weighted by molar-refractivity contribution is 0.171. The van der Waals surface area contributed by atoms with Crippen LogP contribution in [0, 0.1) is 0 Å². The minimum atomic E-state index is 0.394. The molecule has 19 heavy (non-hydrogen) atoms. The summed E-state index contributed by atoms with van der Waals surface area (Å²) in [5, 5.41) is 3.41. The van der Waals surface area contributed by atoms with Crippen molar-refractivity contribution in [3.05, 3.63) is 18.2 Å². The van der Waals surface area contributed by atoms with E-state index in [1.807, 2.05) is 17.8 Å². The first-order valence-electron chi connectivity index (χ1n) is 6.54. The molecule has 106 valence electrons. The Kier molecular flexibility index (Phi) is 5.82. The Labute approximate surface area is 118 Å². The van der Waals surface area contributed by atoms with Gasteiger partial charge in [-0.25, -0.2) is 0 Å². The lowest BCUT2D eigenvalue weighted by Gasteiger charge is -2.18. The van der Waals surface area contributed by atoms with Crippen LogP contribution in [0.15, 0.2) is 23.1 Å². The van der Waals surface area contributed by atoms with E-state index in [2.05, 4.69) is 24.4 Å². The van der Waals surface area contributed by atoms with Crippen LogP contribution < -0.4 is 14.8 Å². The Morgan fingerprint density at radius 1 is 1.32 bits per heavy atom. The summed E-state index contributed by atoms with van der Waals surface area (Å²) in [7, 11) is 1.72. The number of methoxy groups -OCH3 is 1. The van der Waals surface area contributed by atoms with Crippen LogP contribution in [-0.4, -0.2) is 45.3 Å². The summed E-state index contributed by atoms with van der Waals surface area (Å²) in [6, 6.07) is 6.51. The van der Waals surface area contributed by atoms with Crippen molar-refractivity contribution in [2.24, 2.45) is 0 Å². The zero-order chi connectivity index (χ0) is 13.5. The average molecular weight is 283 g/mol. The SMILES string of the molecule is COCC(C)NCCSc1ccc2c(c1)OCCO2. The van der Waals surface area contributed by atoms with Gasteiger partial charge in [0, 0.05) is 30.3 Å². The van der Waals surface area contributed by atoms with Crippen molar-refractivity contribution >= 4 is 11.8 Å². The van der Waals surface area contributed by atoms with Gasteiger partial charge < -0.3 is 19.5 Å². The number of hydrogen-bond acceptors (Lipinski definition) is 5. The van der Waals surface area contributed by atoms with Crippen molar-refractivity contribution in [2.45, 2.75) is 17.9 Å². The highest BCUT2D eigenvalue weighted by Crippen LogP contribution is 2.33. The molecule has 1 aliphatic heterocycles. The number of hydrogen-bond donors (Lipinski definition) is 1. The standard InChI is InChI=1S/C14H21NO3S/c1-11(10-16-2)15-5-8-19-12-3-4-13-14(9-12)18-7-6-17-13/h3-4,9,11,15H,5-8,10H2,1-2H3. The van der Waals surface area contributed by atoms with E-state index in [0.717, 1.165) is 30.4 Å². The summed E-state index contributed by atoms with van der Waals surface area (Å²) in [5.74, 6) is 2.73. The molecule has 1 aliphatic rings. The van der Waals surface area contributed by atoms with Gasteiger partial charge >= 0.3 is 0 Å². The second-order valence-corrected chi connectivity index (χ2v) is 5.63. The maximum absolute atomic E-state index is 5.57. The fourth-order valence-corrected chi connectivity index (χ4v) is 2.71. The molecule has 0 fully saturated rings. The highest BCUT2D eigenvalue weighted by molar-refractivity contribution is 7.99. The maximum Gasteiger partial charge on any atom is 0.162 e. The van der Waals surface area contributed by atoms with Gasteiger partial charge in [0.2, 0.25) is 0 Å². The van der Waals surface area contributed by atoms with E-state index in [1.165, 1.54) is 4.90 Å². The van der Waals surface area contributed by atoms with Gasteiger partial charge in [0.15, 0.2) is 11.5 Å². The van der Waals surface area contributed by atoms with E-state index >= 15 is 0 Å². The summed E-state index contributed by atoms with van der Waals surface area (Å²) >= 11 is 1.81. The molecule has 1 unspecified atom stereocenters. The van der Waals surface area contributed by atoms with Crippen LogP contribution in [0.4, 0.5) is 0 Å². The van der Waals surface area contributed by atoms with E-state index in [4.69, 9.17) is 14.2 Å².